The van der Waals surface area contributed by atoms with E-state index in [1.54, 1.807) is 13.0 Å². The number of hydrogen-bond acceptors (Lipinski definition) is 2. The number of hydrogen-bond donors (Lipinski definition) is 1. The first-order valence-corrected chi connectivity index (χ1v) is 5.87. The van der Waals surface area contributed by atoms with Gasteiger partial charge in [0.15, 0.2) is 0 Å². The van der Waals surface area contributed by atoms with Gasteiger partial charge in [-0.1, -0.05) is 30.3 Å². The fourth-order valence-electron chi connectivity index (χ4n) is 1.72. The highest BCUT2D eigenvalue weighted by atomic mass is 16.1. The van der Waals surface area contributed by atoms with Gasteiger partial charge in [0.05, 0.1) is 12.0 Å². The molecule has 0 aliphatic carbocycles. The molecule has 0 aromatic heterocycles. The van der Waals surface area contributed by atoms with Crippen molar-refractivity contribution in [2.45, 2.75) is 6.92 Å². The van der Waals surface area contributed by atoms with Crippen LogP contribution in [0.3, 0.4) is 0 Å². The summed E-state index contributed by atoms with van der Waals surface area (Å²) in [5.74, 6) is -0.308. The molecule has 0 saturated carbocycles. The van der Waals surface area contributed by atoms with Crippen molar-refractivity contribution >= 4 is 16.7 Å². The van der Waals surface area contributed by atoms with Gasteiger partial charge in [0.1, 0.15) is 0 Å². The zero-order valence-electron chi connectivity index (χ0n) is 10.2. The quantitative estimate of drug-likeness (QED) is 0.893. The van der Waals surface area contributed by atoms with Gasteiger partial charge in [0.2, 0.25) is 0 Å². The summed E-state index contributed by atoms with van der Waals surface area (Å²) in [6.45, 7) is 2.16. The number of amides is 1. The van der Waals surface area contributed by atoms with E-state index in [1.807, 2.05) is 36.4 Å². The van der Waals surface area contributed by atoms with Crippen LogP contribution in [0.15, 0.2) is 42.5 Å². The second-order valence-electron chi connectivity index (χ2n) is 4.30. The number of benzene rings is 2. The van der Waals surface area contributed by atoms with Crippen LogP contribution >= 0.6 is 0 Å². The first-order chi connectivity index (χ1) is 8.70. The van der Waals surface area contributed by atoms with Gasteiger partial charge in [-0.2, -0.15) is 5.26 Å². The van der Waals surface area contributed by atoms with E-state index in [4.69, 9.17) is 5.26 Å². The number of carbonyl (C=O) groups excluding carboxylic acids is 1. The zero-order chi connectivity index (χ0) is 13.0. The second-order valence-corrected chi connectivity index (χ2v) is 4.30. The van der Waals surface area contributed by atoms with E-state index in [9.17, 15) is 4.79 Å². The second kappa shape index (κ2) is 5.33. The van der Waals surface area contributed by atoms with Gasteiger partial charge in [0, 0.05) is 12.1 Å². The molecule has 18 heavy (non-hydrogen) atoms. The monoisotopic (exact) mass is 238 g/mol. The number of nitriles is 1. The molecule has 2 aromatic carbocycles. The number of rotatable bonds is 3. The van der Waals surface area contributed by atoms with Crippen LogP contribution in [0.25, 0.3) is 10.8 Å². The van der Waals surface area contributed by atoms with Crippen molar-refractivity contribution < 1.29 is 4.79 Å². The normalized spacial score (nSPS) is 11.8. The molecular weight excluding hydrogens is 224 g/mol. The van der Waals surface area contributed by atoms with Gasteiger partial charge in [-0.05, 0) is 29.8 Å². The van der Waals surface area contributed by atoms with Gasteiger partial charge in [-0.15, -0.1) is 0 Å². The molecule has 0 bridgehead atoms. The van der Waals surface area contributed by atoms with Gasteiger partial charge < -0.3 is 5.32 Å². The van der Waals surface area contributed by atoms with Gasteiger partial charge in [0.25, 0.3) is 5.91 Å². The van der Waals surface area contributed by atoms with Crippen LogP contribution in [0, 0.1) is 17.2 Å². The molecule has 1 N–H and O–H groups in total. The van der Waals surface area contributed by atoms with Crippen LogP contribution in [0.1, 0.15) is 17.3 Å². The molecule has 2 aromatic rings. The Morgan fingerprint density at radius 2 is 2.00 bits per heavy atom. The van der Waals surface area contributed by atoms with E-state index in [2.05, 4.69) is 11.4 Å². The standard InChI is InChI=1S/C15H14N2O/c1-11(9-16)10-17-15(18)14-7-6-12-4-2-3-5-13(12)8-14/h2-8,11H,10H2,1H3,(H,17,18). The predicted molar refractivity (Wildman–Crippen MR) is 71.1 cm³/mol. The van der Waals surface area contributed by atoms with Crippen molar-refractivity contribution in [2.75, 3.05) is 6.54 Å². The van der Waals surface area contributed by atoms with Crippen LogP contribution in [0.5, 0.6) is 0 Å². The van der Waals surface area contributed by atoms with Crippen LogP contribution in [-0.4, -0.2) is 12.5 Å². The molecule has 90 valence electrons. The van der Waals surface area contributed by atoms with Crippen LogP contribution in [-0.2, 0) is 0 Å². The van der Waals surface area contributed by atoms with E-state index in [0.717, 1.165) is 10.8 Å². The predicted octanol–water partition coefficient (Wildman–Crippen LogP) is 2.73. The maximum Gasteiger partial charge on any atom is 0.251 e. The Kier molecular flexibility index (Phi) is 3.59. The smallest absolute Gasteiger partial charge is 0.251 e. The van der Waals surface area contributed by atoms with E-state index in [1.165, 1.54) is 0 Å². The third-order valence-electron chi connectivity index (χ3n) is 2.80. The van der Waals surface area contributed by atoms with Crippen molar-refractivity contribution in [3.63, 3.8) is 0 Å². The number of fused-ring (bicyclic) bond motifs is 1. The average Bonchev–Trinajstić information content (AvgIpc) is 2.43. The average molecular weight is 238 g/mol. The maximum absolute atomic E-state index is 11.9. The molecule has 0 fully saturated rings. The lowest BCUT2D eigenvalue weighted by Crippen LogP contribution is -2.27. The molecule has 1 unspecified atom stereocenters. The summed E-state index contributed by atoms with van der Waals surface area (Å²) >= 11 is 0. The highest BCUT2D eigenvalue weighted by Crippen LogP contribution is 2.15. The lowest BCUT2D eigenvalue weighted by Gasteiger charge is -2.07. The van der Waals surface area contributed by atoms with Crippen molar-refractivity contribution in [3.8, 4) is 6.07 Å². The molecule has 0 spiro atoms. The molecule has 0 aliphatic heterocycles. The van der Waals surface area contributed by atoms with Crippen LogP contribution < -0.4 is 5.32 Å². The molecule has 0 heterocycles. The van der Waals surface area contributed by atoms with Gasteiger partial charge in [-0.25, -0.2) is 0 Å². The first-order valence-electron chi connectivity index (χ1n) is 5.87. The number of nitrogens with one attached hydrogen (secondary N) is 1. The summed E-state index contributed by atoms with van der Waals surface area (Å²) in [7, 11) is 0. The summed E-state index contributed by atoms with van der Waals surface area (Å²) in [5.41, 5.74) is 0.624. The van der Waals surface area contributed by atoms with Crippen molar-refractivity contribution in [1.29, 1.82) is 5.26 Å². The lowest BCUT2D eigenvalue weighted by molar-refractivity contribution is 0.0951. The molecule has 0 saturated heterocycles. The minimum atomic E-state index is -0.172. The Morgan fingerprint density at radius 3 is 2.72 bits per heavy atom. The largest absolute Gasteiger partial charge is 0.351 e. The van der Waals surface area contributed by atoms with E-state index in [-0.39, 0.29) is 11.8 Å². The molecule has 1 atom stereocenters. The Balaban J connectivity index is 2.16. The minimum Gasteiger partial charge on any atom is -0.351 e. The van der Waals surface area contributed by atoms with E-state index >= 15 is 0 Å². The van der Waals surface area contributed by atoms with Crippen molar-refractivity contribution in [3.05, 3.63) is 48.0 Å². The molecule has 1 amide bonds. The first kappa shape index (κ1) is 12.1. The third kappa shape index (κ3) is 2.67. The third-order valence-corrected chi connectivity index (χ3v) is 2.80. The Labute approximate surface area is 106 Å². The highest BCUT2D eigenvalue weighted by molar-refractivity contribution is 5.98. The fourth-order valence-corrected chi connectivity index (χ4v) is 1.72. The SMILES string of the molecule is CC(C#N)CNC(=O)c1ccc2ccccc2c1. The lowest BCUT2D eigenvalue weighted by atomic mass is 10.1. The van der Waals surface area contributed by atoms with Gasteiger partial charge >= 0.3 is 0 Å². The highest BCUT2D eigenvalue weighted by Gasteiger charge is 2.07. The molecule has 0 aliphatic rings. The van der Waals surface area contributed by atoms with E-state index < -0.39 is 0 Å². The number of carbonyl (C=O) groups is 1. The van der Waals surface area contributed by atoms with Gasteiger partial charge in [-0.3, -0.25) is 4.79 Å². The maximum atomic E-state index is 11.9. The summed E-state index contributed by atoms with van der Waals surface area (Å²) in [6, 6.07) is 15.6. The number of nitrogens with zero attached hydrogens (tertiary/aromatic N) is 1. The zero-order valence-corrected chi connectivity index (χ0v) is 10.2. The molecular formula is C15H14N2O. The molecule has 3 heteroatoms. The Bertz CT molecular complexity index is 613. The van der Waals surface area contributed by atoms with Crippen LogP contribution in [0.2, 0.25) is 0 Å². The van der Waals surface area contributed by atoms with E-state index in [0.29, 0.717) is 12.1 Å². The Hall–Kier alpha value is -2.34. The molecule has 2 rings (SSSR count). The van der Waals surface area contributed by atoms with Crippen molar-refractivity contribution in [2.24, 2.45) is 5.92 Å². The molecule has 3 nitrogen and oxygen atoms in total. The Morgan fingerprint density at radius 1 is 1.28 bits per heavy atom. The summed E-state index contributed by atoms with van der Waals surface area (Å²) in [6.07, 6.45) is 0. The molecule has 0 radical (unpaired) electrons. The fraction of sp³-hybridized carbons (Fsp3) is 0.200. The van der Waals surface area contributed by atoms with Crippen molar-refractivity contribution in [1.82, 2.24) is 5.32 Å². The summed E-state index contributed by atoms with van der Waals surface area (Å²) in [5, 5.41) is 13.6. The summed E-state index contributed by atoms with van der Waals surface area (Å²) in [4.78, 5) is 11.9. The minimum absolute atomic E-state index is 0.136. The topological polar surface area (TPSA) is 52.9 Å². The summed E-state index contributed by atoms with van der Waals surface area (Å²) < 4.78 is 0. The van der Waals surface area contributed by atoms with Crippen LogP contribution in [0.4, 0.5) is 0 Å².